The average Bonchev–Trinajstić information content (AvgIpc) is 2.67. The lowest BCUT2D eigenvalue weighted by Gasteiger charge is -2.09. The second kappa shape index (κ2) is 8.76. The van der Waals surface area contributed by atoms with Crippen LogP contribution in [0.15, 0.2) is 67.8 Å². The highest BCUT2D eigenvalue weighted by Gasteiger charge is 2.15. The molecule has 0 atom stereocenters. The van der Waals surface area contributed by atoms with Crippen molar-refractivity contribution in [1.29, 1.82) is 0 Å². The summed E-state index contributed by atoms with van der Waals surface area (Å²) in [5.74, 6) is -0.269. The second-order valence-corrected chi connectivity index (χ2v) is 6.44. The minimum Gasteiger partial charge on any atom is -0.506 e. The van der Waals surface area contributed by atoms with Gasteiger partial charge in [0.1, 0.15) is 17.1 Å². The Morgan fingerprint density at radius 3 is 2.50 bits per heavy atom. The first-order valence-electron chi connectivity index (χ1n) is 7.99. The number of nitrogens with zero attached hydrogens (tertiary/aromatic N) is 4. The number of hydrogen-bond acceptors (Lipinski definition) is 10. The van der Waals surface area contributed by atoms with E-state index in [0.717, 1.165) is 10.9 Å². The molecule has 0 unspecified atom stereocenters. The van der Waals surface area contributed by atoms with Crippen molar-refractivity contribution >= 4 is 39.9 Å². The van der Waals surface area contributed by atoms with Crippen LogP contribution >= 0.6 is 12.0 Å². The summed E-state index contributed by atoms with van der Waals surface area (Å²) in [6, 6.07) is 11.7. The van der Waals surface area contributed by atoms with Crippen molar-refractivity contribution in [2.24, 2.45) is 20.5 Å². The predicted molar refractivity (Wildman–Crippen MR) is 104 cm³/mol. The quantitative estimate of drug-likeness (QED) is 0.198. The Balaban J connectivity index is 2.06. The molecule has 28 heavy (non-hydrogen) atoms. The summed E-state index contributed by atoms with van der Waals surface area (Å²) < 4.78 is 4.50. The van der Waals surface area contributed by atoms with Gasteiger partial charge < -0.3 is 10.2 Å². The Labute approximate surface area is 164 Å². The molecule has 0 radical (unpaired) electrons. The van der Waals surface area contributed by atoms with Gasteiger partial charge in [-0.2, -0.15) is 10.2 Å². The van der Waals surface area contributed by atoms with Crippen molar-refractivity contribution < 1.29 is 24.8 Å². The predicted octanol–water partition coefficient (Wildman–Crippen LogP) is 6.12. The molecule has 9 nitrogen and oxygen atoms in total. The maximum atomic E-state index is 10.7. The summed E-state index contributed by atoms with van der Waals surface area (Å²) in [5, 5.41) is 49.7. The van der Waals surface area contributed by atoms with Crippen molar-refractivity contribution in [3.63, 3.8) is 0 Å². The van der Waals surface area contributed by atoms with Gasteiger partial charge in [0.15, 0.2) is 5.75 Å². The number of rotatable bonds is 6. The topological polar surface area (TPSA) is 129 Å². The zero-order valence-corrected chi connectivity index (χ0v) is 15.7. The summed E-state index contributed by atoms with van der Waals surface area (Å²) in [6.45, 7) is 1.93. The molecule has 3 rings (SSSR count). The molecule has 0 saturated heterocycles. The standard InChI is InChI=1S/C18H16N4O5S/c1-10-3-5-13-11(7-10)8-16(28-27-26-25)17(18(13)24)22-21-14-6-4-12(20-19-2)9-15(14)23/h3-9,23-25H,1-2H3. The van der Waals surface area contributed by atoms with Gasteiger partial charge in [0.25, 0.3) is 0 Å². The largest absolute Gasteiger partial charge is 0.506 e. The number of fused-ring (bicyclic) bond motifs is 1. The fourth-order valence-corrected chi connectivity index (χ4v) is 3.06. The smallest absolute Gasteiger partial charge is 0.152 e. The molecule has 0 fully saturated rings. The second-order valence-electron chi connectivity index (χ2n) is 5.70. The Bertz CT molecular complexity index is 1070. The first kappa shape index (κ1) is 19.7. The first-order valence-corrected chi connectivity index (χ1v) is 8.73. The van der Waals surface area contributed by atoms with Crippen LogP contribution < -0.4 is 0 Å². The van der Waals surface area contributed by atoms with Crippen LogP contribution in [0.5, 0.6) is 11.5 Å². The minimum absolute atomic E-state index is 0.0927. The molecule has 0 heterocycles. The molecule has 0 aliphatic rings. The van der Waals surface area contributed by atoms with Crippen molar-refractivity contribution in [2.45, 2.75) is 11.8 Å². The highest BCUT2D eigenvalue weighted by Crippen LogP contribution is 2.44. The van der Waals surface area contributed by atoms with Gasteiger partial charge in [-0.15, -0.1) is 14.6 Å². The molecule has 0 aromatic heterocycles. The van der Waals surface area contributed by atoms with E-state index in [9.17, 15) is 10.2 Å². The monoisotopic (exact) mass is 400 g/mol. The maximum Gasteiger partial charge on any atom is 0.152 e. The van der Waals surface area contributed by atoms with Crippen LogP contribution in [0, 0.1) is 6.92 Å². The van der Waals surface area contributed by atoms with Gasteiger partial charge in [0.05, 0.1) is 22.6 Å². The Hall–Kier alpha value is -3.05. The molecule has 0 amide bonds. The number of phenols is 2. The lowest BCUT2D eigenvalue weighted by molar-refractivity contribution is -0.432. The summed E-state index contributed by atoms with van der Waals surface area (Å²) in [5.41, 5.74) is 1.74. The van der Waals surface area contributed by atoms with E-state index in [0.29, 0.717) is 28.0 Å². The normalized spacial score (nSPS) is 11.8. The molecule has 3 aromatic carbocycles. The summed E-state index contributed by atoms with van der Waals surface area (Å²) in [6.07, 6.45) is 0. The van der Waals surface area contributed by atoms with Crippen LogP contribution in [0.4, 0.5) is 17.1 Å². The zero-order chi connectivity index (χ0) is 20.1. The molecule has 0 aliphatic carbocycles. The summed E-state index contributed by atoms with van der Waals surface area (Å²) in [7, 11) is 1.52. The molecule has 10 heteroatoms. The Morgan fingerprint density at radius 2 is 1.79 bits per heavy atom. The molecule has 0 saturated carbocycles. The van der Waals surface area contributed by atoms with Crippen LogP contribution in [0.3, 0.4) is 0 Å². The van der Waals surface area contributed by atoms with Gasteiger partial charge in [-0.25, -0.2) is 5.26 Å². The van der Waals surface area contributed by atoms with Gasteiger partial charge in [0, 0.05) is 18.5 Å². The average molecular weight is 400 g/mol. The van der Waals surface area contributed by atoms with Gasteiger partial charge >= 0.3 is 0 Å². The number of aryl methyl sites for hydroxylation is 1. The molecular formula is C18H16N4O5S. The number of benzene rings is 3. The van der Waals surface area contributed by atoms with E-state index in [1.54, 1.807) is 18.2 Å². The van der Waals surface area contributed by atoms with E-state index in [-0.39, 0.29) is 22.9 Å². The Morgan fingerprint density at radius 1 is 0.964 bits per heavy atom. The van der Waals surface area contributed by atoms with Crippen molar-refractivity contribution in [1.82, 2.24) is 0 Å². The third kappa shape index (κ3) is 4.26. The van der Waals surface area contributed by atoms with E-state index in [1.165, 1.54) is 19.2 Å². The van der Waals surface area contributed by atoms with Gasteiger partial charge in [-0.3, -0.25) is 0 Å². The lowest BCUT2D eigenvalue weighted by atomic mass is 10.1. The van der Waals surface area contributed by atoms with E-state index < -0.39 is 0 Å². The van der Waals surface area contributed by atoms with E-state index >= 15 is 0 Å². The molecule has 144 valence electrons. The minimum atomic E-state index is -0.145. The van der Waals surface area contributed by atoms with Crippen LogP contribution in [0.2, 0.25) is 0 Å². The maximum absolute atomic E-state index is 10.7. The van der Waals surface area contributed by atoms with Gasteiger partial charge in [0.2, 0.25) is 0 Å². The molecule has 0 spiro atoms. The van der Waals surface area contributed by atoms with E-state index in [4.69, 9.17) is 5.26 Å². The molecule has 0 aliphatic heterocycles. The molecule has 0 bridgehead atoms. The SMILES string of the molecule is CN=Nc1ccc(N=Nc2c(SOOO)cc3cc(C)ccc3c2O)c(O)c1. The summed E-state index contributed by atoms with van der Waals surface area (Å²) >= 11 is 0.654. The van der Waals surface area contributed by atoms with Gasteiger partial charge in [-0.1, -0.05) is 28.8 Å². The third-order valence-electron chi connectivity index (χ3n) is 3.79. The highest BCUT2D eigenvalue weighted by atomic mass is 32.2. The first-order chi connectivity index (χ1) is 13.5. The number of aromatic hydroxyl groups is 2. The number of azo groups is 2. The van der Waals surface area contributed by atoms with Crippen LogP contribution in [-0.2, 0) is 9.37 Å². The third-order valence-corrected chi connectivity index (χ3v) is 4.41. The lowest BCUT2D eigenvalue weighted by Crippen LogP contribution is -1.84. The fraction of sp³-hybridized carbons (Fsp3) is 0.111. The zero-order valence-electron chi connectivity index (χ0n) is 14.9. The number of phenolic OH excluding ortho intramolecular Hbond substituents is 2. The number of hydrogen-bond donors (Lipinski definition) is 3. The fourth-order valence-electron chi connectivity index (χ4n) is 2.56. The molecule has 3 aromatic rings. The Kier molecular flexibility index (Phi) is 6.16. The van der Waals surface area contributed by atoms with Crippen molar-refractivity contribution in [3.8, 4) is 11.5 Å². The summed E-state index contributed by atoms with van der Waals surface area (Å²) in [4.78, 5) is 0.351. The van der Waals surface area contributed by atoms with Crippen LogP contribution in [-0.4, -0.2) is 22.5 Å². The van der Waals surface area contributed by atoms with Gasteiger partial charge in [-0.05, 0) is 30.5 Å². The van der Waals surface area contributed by atoms with Crippen LogP contribution in [0.1, 0.15) is 5.56 Å². The van der Waals surface area contributed by atoms with E-state index in [2.05, 4.69) is 29.8 Å². The van der Waals surface area contributed by atoms with E-state index in [1.807, 2.05) is 19.1 Å². The highest BCUT2D eigenvalue weighted by molar-refractivity contribution is 7.94. The van der Waals surface area contributed by atoms with Crippen LogP contribution in [0.25, 0.3) is 10.8 Å². The van der Waals surface area contributed by atoms with Crippen molar-refractivity contribution in [2.75, 3.05) is 7.05 Å². The molecule has 3 N–H and O–H groups in total. The van der Waals surface area contributed by atoms with Crippen molar-refractivity contribution in [3.05, 3.63) is 48.0 Å². The molecular weight excluding hydrogens is 384 g/mol.